The first kappa shape index (κ1) is 18.1. The highest BCUT2D eigenvalue weighted by atomic mass is 16.3. The quantitative estimate of drug-likeness (QED) is 0.451. The average Bonchev–Trinajstić information content (AvgIpc) is 3.31. The Hall–Kier alpha value is -3.93. The first-order valence-corrected chi connectivity index (χ1v) is 9.86. The van der Waals surface area contributed by atoms with Gasteiger partial charge in [-0.1, -0.05) is 30.3 Å². The molecular weight excluding hydrogens is 376 g/mol. The van der Waals surface area contributed by atoms with Crippen LogP contribution in [0.2, 0.25) is 0 Å². The molecule has 5 aromatic rings. The molecule has 148 valence electrons. The number of hydrogen-bond donors (Lipinski definition) is 1. The number of benzene rings is 3. The molecule has 3 aromatic carbocycles. The number of carbonyl (C=O) groups excluding carboxylic acids is 1. The van der Waals surface area contributed by atoms with Gasteiger partial charge in [-0.15, -0.1) is 0 Å². The third kappa shape index (κ3) is 3.43. The van der Waals surface area contributed by atoms with Gasteiger partial charge in [0.05, 0.1) is 11.0 Å². The van der Waals surface area contributed by atoms with Crippen LogP contribution in [0.1, 0.15) is 18.1 Å². The normalized spacial score (nSPS) is 11.2. The van der Waals surface area contributed by atoms with Crippen LogP contribution in [0.3, 0.4) is 0 Å². The van der Waals surface area contributed by atoms with Crippen LogP contribution in [0.5, 0.6) is 0 Å². The number of aryl methyl sites for hydroxylation is 2. The van der Waals surface area contributed by atoms with Crippen LogP contribution in [0.15, 0.2) is 77.2 Å². The SMILES string of the molecule is Cc1nc2cc(NC(=O)CCc3nc4ccccc4n3-c3ccccc3)ccc2o1. The minimum absolute atomic E-state index is 0.0683. The molecule has 0 aliphatic carbocycles. The predicted molar refractivity (Wildman–Crippen MR) is 117 cm³/mol. The van der Waals surface area contributed by atoms with Gasteiger partial charge in [0.2, 0.25) is 5.91 Å². The van der Waals surface area contributed by atoms with Gasteiger partial charge in [0.15, 0.2) is 11.5 Å². The van der Waals surface area contributed by atoms with E-state index in [0.29, 0.717) is 30.0 Å². The number of nitrogens with one attached hydrogen (secondary N) is 1. The van der Waals surface area contributed by atoms with E-state index in [1.807, 2.05) is 72.8 Å². The average molecular weight is 396 g/mol. The maximum Gasteiger partial charge on any atom is 0.224 e. The van der Waals surface area contributed by atoms with Gasteiger partial charge in [0.25, 0.3) is 0 Å². The van der Waals surface area contributed by atoms with Gasteiger partial charge < -0.3 is 9.73 Å². The van der Waals surface area contributed by atoms with Crippen LogP contribution in [-0.4, -0.2) is 20.4 Å². The third-order valence-electron chi connectivity index (χ3n) is 5.00. The zero-order valence-electron chi connectivity index (χ0n) is 16.5. The Morgan fingerprint density at radius 2 is 1.77 bits per heavy atom. The van der Waals surface area contributed by atoms with Crippen molar-refractivity contribution in [2.45, 2.75) is 19.8 Å². The molecule has 6 heteroatoms. The van der Waals surface area contributed by atoms with Gasteiger partial charge in [-0.25, -0.2) is 9.97 Å². The molecule has 6 nitrogen and oxygen atoms in total. The number of nitrogens with zero attached hydrogens (tertiary/aromatic N) is 3. The Balaban J connectivity index is 1.37. The molecule has 30 heavy (non-hydrogen) atoms. The number of anilines is 1. The zero-order valence-corrected chi connectivity index (χ0v) is 16.5. The molecule has 5 rings (SSSR count). The second kappa shape index (κ2) is 7.48. The number of imidazole rings is 1. The van der Waals surface area contributed by atoms with Crippen molar-refractivity contribution in [2.75, 3.05) is 5.32 Å². The van der Waals surface area contributed by atoms with E-state index in [1.165, 1.54) is 0 Å². The summed E-state index contributed by atoms with van der Waals surface area (Å²) < 4.78 is 7.60. The van der Waals surface area contributed by atoms with E-state index < -0.39 is 0 Å². The molecule has 0 aliphatic rings. The van der Waals surface area contributed by atoms with Crippen LogP contribution in [0.25, 0.3) is 27.8 Å². The fourth-order valence-electron chi connectivity index (χ4n) is 3.68. The lowest BCUT2D eigenvalue weighted by atomic mass is 10.2. The first-order valence-electron chi connectivity index (χ1n) is 9.86. The Kier molecular flexibility index (Phi) is 4.52. The molecular formula is C24H20N4O2. The largest absolute Gasteiger partial charge is 0.441 e. The van der Waals surface area contributed by atoms with Crippen molar-refractivity contribution >= 4 is 33.7 Å². The van der Waals surface area contributed by atoms with Crippen molar-refractivity contribution < 1.29 is 9.21 Å². The topological polar surface area (TPSA) is 73.0 Å². The standard InChI is InChI=1S/C24H20N4O2/c1-16-25-20-15-17(11-12-22(20)30-16)26-24(29)14-13-23-27-19-9-5-6-10-21(19)28(23)18-7-3-2-4-8-18/h2-12,15H,13-14H2,1H3,(H,26,29). The van der Waals surface area contributed by atoms with Crippen molar-refractivity contribution in [1.82, 2.24) is 14.5 Å². The van der Waals surface area contributed by atoms with Crippen molar-refractivity contribution in [2.24, 2.45) is 0 Å². The van der Waals surface area contributed by atoms with Crippen LogP contribution in [0.4, 0.5) is 5.69 Å². The molecule has 1 N–H and O–H groups in total. The molecule has 0 atom stereocenters. The number of hydrogen-bond acceptors (Lipinski definition) is 4. The smallest absolute Gasteiger partial charge is 0.224 e. The van der Waals surface area contributed by atoms with Crippen LogP contribution in [0, 0.1) is 6.92 Å². The molecule has 2 aromatic heterocycles. The second-order valence-corrected chi connectivity index (χ2v) is 7.15. The molecule has 0 spiro atoms. The lowest BCUT2D eigenvalue weighted by molar-refractivity contribution is -0.116. The molecule has 0 saturated heterocycles. The number of rotatable bonds is 5. The summed E-state index contributed by atoms with van der Waals surface area (Å²) in [7, 11) is 0. The number of aromatic nitrogens is 3. The van der Waals surface area contributed by atoms with Gasteiger partial charge >= 0.3 is 0 Å². The molecule has 0 saturated carbocycles. The number of amides is 1. The highest BCUT2D eigenvalue weighted by molar-refractivity contribution is 5.93. The van der Waals surface area contributed by atoms with Crippen molar-refractivity contribution in [3.8, 4) is 5.69 Å². The first-order chi connectivity index (χ1) is 14.7. The summed E-state index contributed by atoms with van der Waals surface area (Å²) in [5, 5.41) is 2.95. The number of fused-ring (bicyclic) bond motifs is 2. The van der Waals surface area contributed by atoms with E-state index in [4.69, 9.17) is 9.40 Å². The summed E-state index contributed by atoms with van der Waals surface area (Å²) in [6.45, 7) is 1.80. The predicted octanol–water partition coefficient (Wildman–Crippen LogP) is 5.05. The van der Waals surface area contributed by atoms with E-state index in [-0.39, 0.29) is 5.91 Å². The van der Waals surface area contributed by atoms with Crippen molar-refractivity contribution in [3.05, 3.63) is 84.5 Å². The molecule has 0 fully saturated rings. The Bertz CT molecular complexity index is 1350. The summed E-state index contributed by atoms with van der Waals surface area (Å²) >= 11 is 0. The Morgan fingerprint density at radius 1 is 0.967 bits per heavy atom. The second-order valence-electron chi connectivity index (χ2n) is 7.15. The van der Waals surface area contributed by atoms with Crippen LogP contribution < -0.4 is 5.32 Å². The van der Waals surface area contributed by atoms with Crippen LogP contribution in [-0.2, 0) is 11.2 Å². The summed E-state index contributed by atoms with van der Waals surface area (Å²) in [6.07, 6.45) is 0.854. The van der Waals surface area contributed by atoms with Crippen molar-refractivity contribution in [1.29, 1.82) is 0 Å². The highest BCUT2D eigenvalue weighted by Crippen LogP contribution is 2.23. The minimum atomic E-state index is -0.0683. The molecule has 1 amide bonds. The van der Waals surface area contributed by atoms with Gasteiger partial charge in [0.1, 0.15) is 11.3 Å². The van der Waals surface area contributed by atoms with Gasteiger partial charge in [-0.3, -0.25) is 9.36 Å². The van der Waals surface area contributed by atoms with Gasteiger partial charge in [-0.05, 0) is 42.5 Å². The Morgan fingerprint density at radius 3 is 2.63 bits per heavy atom. The lowest BCUT2D eigenvalue weighted by Gasteiger charge is -2.09. The summed E-state index contributed by atoms with van der Waals surface area (Å²) in [4.78, 5) is 21.7. The summed E-state index contributed by atoms with van der Waals surface area (Å²) in [6, 6.07) is 23.6. The van der Waals surface area contributed by atoms with Gasteiger partial charge in [0, 0.05) is 31.1 Å². The highest BCUT2D eigenvalue weighted by Gasteiger charge is 2.14. The maximum absolute atomic E-state index is 12.6. The molecule has 0 radical (unpaired) electrons. The van der Waals surface area contributed by atoms with Crippen LogP contribution >= 0.6 is 0 Å². The molecule has 2 heterocycles. The maximum atomic E-state index is 12.6. The number of carbonyl (C=O) groups is 1. The summed E-state index contributed by atoms with van der Waals surface area (Å²) in [5.41, 5.74) is 5.14. The Labute approximate surface area is 173 Å². The summed E-state index contributed by atoms with van der Waals surface area (Å²) in [5.74, 6) is 1.40. The molecule has 0 unspecified atom stereocenters. The monoisotopic (exact) mass is 396 g/mol. The fourth-order valence-corrected chi connectivity index (χ4v) is 3.68. The fraction of sp³-hybridized carbons (Fsp3) is 0.125. The van der Waals surface area contributed by atoms with E-state index >= 15 is 0 Å². The van der Waals surface area contributed by atoms with E-state index in [9.17, 15) is 4.79 Å². The third-order valence-corrected chi connectivity index (χ3v) is 5.00. The minimum Gasteiger partial charge on any atom is -0.441 e. The van der Waals surface area contributed by atoms with E-state index in [0.717, 1.165) is 28.1 Å². The van der Waals surface area contributed by atoms with E-state index in [1.54, 1.807) is 6.92 Å². The van der Waals surface area contributed by atoms with Gasteiger partial charge in [-0.2, -0.15) is 0 Å². The molecule has 0 aliphatic heterocycles. The number of para-hydroxylation sites is 3. The lowest BCUT2D eigenvalue weighted by Crippen LogP contribution is -2.13. The van der Waals surface area contributed by atoms with E-state index in [2.05, 4.69) is 14.9 Å². The zero-order chi connectivity index (χ0) is 20.5. The number of oxazole rings is 1. The molecule has 0 bridgehead atoms. The van der Waals surface area contributed by atoms with Crippen molar-refractivity contribution in [3.63, 3.8) is 0 Å².